The lowest BCUT2D eigenvalue weighted by atomic mass is 9.94. The van der Waals surface area contributed by atoms with Gasteiger partial charge in [0.2, 0.25) is 0 Å². The lowest BCUT2D eigenvalue weighted by molar-refractivity contribution is -0.117. The number of benzene rings is 1. The monoisotopic (exact) mass is 320 g/mol. The lowest BCUT2D eigenvalue weighted by Crippen LogP contribution is -2.21. The van der Waals surface area contributed by atoms with Crippen molar-refractivity contribution < 1.29 is 4.79 Å². The van der Waals surface area contributed by atoms with Gasteiger partial charge in [-0.05, 0) is 37.8 Å². The van der Waals surface area contributed by atoms with Crippen LogP contribution in [0.15, 0.2) is 30.3 Å². The first kappa shape index (κ1) is 16.0. The molecule has 0 radical (unpaired) electrons. The van der Waals surface area contributed by atoms with Gasteiger partial charge < -0.3 is 0 Å². The van der Waals surface area contributed by atoms with Gasteiger partial charge in [0.25, 0.3) is 0 Å². The summed E-state index contributed by atoms with van der Waals surface area (Å²) in [5.74, 6) is 7.01. The SMILES string of the molecule is CC[C@@H](CCCC#Cc1ccccc1)C(Br)C(C)=O. The number of hydrogen-bond acceptors (Lipinski definition) is 1. The Morgan fingerprint density at radius 2 is 2.00 bits per heavy atom. The zero-order chi connectivity index (χ0) is 14.1. The highest BCUT2D eigenvalue weighted by Gasteiger charge is 2.20. The molecular formula is C17H21BrO. The predicted molar refractivity (Wildman–Crippen MR) is 84.3 cm³/mol. The maximum absolute atomic E-state index is 11.3. The Morgan fingerprint density at radius 3 is 2.58 bits per heavy atom. The van der Waals surface area contributed by atoms with Crippen LogP contribution in [0.1, 0.15) is 45.1 Å². The molecule has 0 saturated carbocycles. The molecule has 1 unspecified atom stereocenters. The minimum Gasteiger partial charge on any atom is -0.299 e. The van der Waals surface area contributed by atoms with Crippen LogP contribution in [-0.2, 0) is 4.79 Å². The van der Waals surface area contributed by atoms with E-state index in [-0.39, 0.29) is 10.6 Å². The molecule has 0 spiro atoms. The number of halogens is 1. The van der Waals surface area contributed by atoms with Crippen molar-refractivity contribution in [1.29, 1.82) is 0 Å². The van der Waals surface area contributed by atoms with Gasteiger partial charge in [-0.3, -0.25) is 4.79 Å². The van der Waals surface area contributed by atoms with Crippen molar-refractivity contribution in [2.75, 3.05) is 0 Å². The van der Waals surface area contributed by atoms with Gasteiger partial charge in [0, 0.05) is 12.0 Å². The molecule has 0 amide bonds. The van der Waals surface area contributed by atoms with Crippen molar-refractivity contribution in [3.05, 3.63) is 35.9 Å². The number of carbonyl (C=O) groups is 1. The number of hydrogen-bond donors (Lipinski definition) is 0. The maximum atomic E-state index is 11.3. The number of ketones is 1. The Hall–Kier alpha value is -1.07. The molecular weight excluding hydrogens is 300 g/mol. The summed E-state index contributed by atoms with van der Waals surface area (Å²) in [6.45, 7) is 3.79. The van der Waals surface area contributed by atoms with E-state index in [0.29, 0.717) is 5.92 Å². The van der Waals surface area contributed by atoms with Crippen LogP contribution in [0.5, 0.6) is 0 Å². The molecule has 1 aromatic carbocycles. The number of carbonyl (C=O) groups excluding carboxylic acids is 1. The van der Waals surface area contributed by atoms with Crippen molar-refractivity contribution in [2.45, 2.75) is 44.4 Å². The second-order valence-electron chi connectivity index (χ2n) is 4.74. The summed E-state index contributed by atoms with van der Waals surface area (Å²) >= 11 is 3.49. The quantitative estimate of drug-likeness (QED) is 0.425. The minimum atomic E-state index is -0.000387. The summed E-state index contributed by atoms with van der Waals surface area (Å²) in [4.78, 5) is 11.3. The van der Waals surface area contributed by atoms with Gasteiger partial charge in [0.05, 0.1) is 4.83 Å². The molecule has 0 aliphatic carbocycles. The van der Waals surface area contributed by atoms with Crippen molar-refractivity contribution in [2.24, 2.45) is 5.92 Å². The average molecular weight is 321 g/mol. The first-order chi connectivity index (χ1) is 9.15. The molecule has 0 saturated heterocycles. The van der Waals surface area contributed by atoms with Crippen molar-refractivity contribution in [3.8, 4) is 11.8 Å². The van der Waals surface area contributed by atoms with E-state index in [0.717, 1.165) is 31.2 Å². The molecule has 1 nitrogen and oxygen atoms in total. The van der Waals surface area contributed by atoms with Crippen LogP contribution in [0.3, 0.4) is 0 Å². The summed E-state index contributed by atoms with van der Waals surface area (Å²) in [6, 6.07) is 10.0. The first-order valence-electron chi connectivity index (χ1n) is 6.83. The Balaban J connectivity index is 2.34. The largest absolute Gasteiger partial charge is 0.299 e. The standard InChI is InChI=1S/C17H21BrO/c1-3-16(17(18)14(2)19)13-9-5-8-12-15-10-6-4-7-11-15/h4,6-7,10-11,16-17H,3,5,9,13H2,1-2H3/t16-,17?/m0/s1. The van der Waals surface area contributed by atoms with Crippen LogP contribution in [0.2, 0.25) is 0 Å². The summed E-state index contributed by atoms with van der Waals surface area (Å²) in [7, 11) is 0. The molecule has 0 aliphatic heterocycles. The third-order valence-corrected chi connectivity index (χ3v) is 4.60. The normalized spacial score (nSPS) is 13.2. The molecule has 2 atom stereocenters. The van der Waals surface area contributed by atoms with Gasteiger partial charge in [-0.15, -0.1) is 0 Å². The molecule has 0 aromatic heterocycles. The van der Waals surface area contributed by atoms with Crippen molar-refractivity contribution in [1.82, 2.24) is 0 Å². The molecule has 1 aromatic rings. The maximum Gasteiger partial charge on any atom is 0.143 e. The molecule has 1 rings (SSSR count). The summed E-state index contributed by atoms with van der Waals surface area (Å²) in [5.41, 5.74) is 1.07. The van der Waals surface area contributed by atoms with Crippen LogP contribution in [0, 0.1) is 17.8 Å². The molecule has 102 valence electrons. The van der Waals surface area contributed by atoms with E-state index in [1.807, 2.05) is 30.3 Å². The van der Waals surface area contributed by atoms with Crippen molar-refractivity contribution in [3.63, 3.8) is 0 Å². The first-order valence-corrected chi connectivity index (χ1v) is 7.75. The third kappa shape index (κ3) is 6.07. The molecule has 19 heavy (non-hydrogen) atoms. The number of Topliss-reactive ketones (excluding diaryl/α,β-unsaturated/α-hetero) is 1. The highest BCUT2D eigenvalue weighted by Crippen LogP contribution is 2.23. The lowest BCUT2D eigenvalue weighted by Gasteiger charge is -2.18. The van der Waals surface area contributed by atoms with Crippen LogP contribution < -0.4 is 0 Å². The van der Waals surface area contributed by atoms with Gasteiger partial charge in [0.15, 0.2) is 0 Å². The highest BCUT2D eigenvalue weighted by molar-refractivity contribution is 9.10. The fourth-order valence-electron chi connectivity index (χ4n) is 2.03. The van der Waals surface area contributed by atoms with Crippen LogP contribution in [0.4, 0.5) is 0 Å². The number of rotatable bonds is 6. The molecule has 2 heteroatoms. The van der Waals surface area contributed by atoms with Gasteiger partial charge in [0.1, 0.15) is 5.78 Å². The minimum absolute atomic E-state index is 0.000387. The Morgan fingerprint density at radius 1 is 1.32 bits per heavy atom. The van der Waals surface area contributed by atoms with E-state index in [1.165, 1.54) is 0 Å². The van der Waals surface area contributed by atoms with E-state index in [1.54, 1.807) is 6.92 Å². The van der Waals surface area contributed by atoms with Gasteiger partial charge in [-0.25, -0.2) is 0 Å². The summed E-state index contributed by atoms with van der Waals surface area (Å²) in [6.07, 6.45) is 4.02. The van der Waals surface area contributed by atoms with Crippen molar-refractivity contribution >= 4 is 21.7 Å². The molecule has 0 fully saturated rings. The second-order valence-corrected chi connectivity index (χ2v) is 5.73. The summed E-state index contributed by atoms with van der Waals surface area (Å²) in [5, 5.41) is 0. The zero-order valence-corrected chi connectivity index (χ0v) is 13.2. The molecule has 0 aliphatic rings. The molecule has 0 N–H and O–H groups in total. The fourth-order valence-corrected chi connectivity index (χ4v) is 2.67. The average Bonchev–Trinajstić information content (AvgIpc) is 2.43. The molecule has 0 heterocycles. The van der Waals surface area contributed by atoms with E-state index in [2.05, 4.69) is 34.7 Å². The topological polar surface area (TPSA) is 17.1 Å². The highest BCUT2D eigenvalue weighted by atomic mass is 79.9. The van der Waals surface area contributed by atoms with E-state index < -0.39 is 0 Å². The fraction of sp³-hybridized carbons (Fsp3) is 0.471. The van der Waals surface area contributed by atoms with Crippen LogP contribution >= 0.6 is 15.9 Å². The number of alkyl halides is 1. The Bertz CT molecular complexity index is 441. The van der Waals surface area contributed by atoms with Gasteiger partial charge in [-0.1, -0.05) is 59.3 Å². The smallest absolute Gasteiger partial charge is 0.143 e. The van der Waals surface area contributed by atoms with E-state index in [9.17, 15) is 4.79 Å². The van der Waals surface area contributed by atoms with E-state index in [4.69, 9.17) is 0 Å². The Kier molecular flexibility index (Phi) is 7.52. The van der Waals surface area contributed by atoms with Gasteiger partial charge in [-0.2, -0.15) is 0 Å². The summed E-state index contributed by atoms with van der Waals surface area (Å²) < 4.78 is 0. The zero-order valence-electron chi connectivity index (χ0n) is 11.7. The van der Waals surface area contributed by atoms with Crippen LogP contribution in [0.25, 0.3) is 0 Å². The third-order valence-electron chi connectivity index (χ3n) is 3.21. The predicted octanol–water partition coefficient (Wildman–Crippen LogP) is 4.59. The number of unbranched alkanes of at least 4 members (excludes halogenated alkanes) is 1. The van der Waals surface area contributed by atoms with E-state index >= 15 is 0 Å². The Labute approximate surface area is 124 Å². The second kappa shape index (κ2) is 8.93. The molecule has 0 bridgehead atoms. The van der Waals surface area contributed by atoms with Crippen LogP contribution in [-0.4, -0.2) is 10.6 Å². The van der Waals surface area contributed by atoms with Gasteiger partial charge >= 0.3 is 0 Å².